The Morgan fingerprint density at radius 1 is 1.28 bits per heavy atom. The van der Waals surface area contributed by atoms with E-state index < -0.39 is 10.0 Å². The van der Waals surface area contributed by atoms with E-state index in [9.17, 15) is 8.42 Å². The average Bonchev–Trinajstić information content (AvgIpc) is 2.82. The van der Waals surface area contributed by atoms with Gasteiger partial charge in [-0.1, -0.05) is 5.16 Å². The second kappa shape index (κ2) is 5.15. The summed E-state index contributed by atoms with van der Waals surface area (Å²) in [7, 11) is -3.53. The van der Waals surface area contributed by atoms with Crippen molar-refractivity contribution in [2.75, 3.05) is 12.3 Å². The Morgan fingerprint density at radius 3 is 2.61 bits per heavy atom. The van der Waals surface area contributed by atoms with Crippen molar-refractivity contribution in [2.24, 2.45) is 0 Å². The summed E-state index contributed by atoms with van der Waals surface area (Å²) in [6.07, 6.45) is 1.61. The standard InChI is InChI=1S/C10H12N4O3S/c11-8-1-3-9(4-2-8)18(15,16)14-6-5-10-12-7-13-17-10/h1-4,7,14H,5-6,11H2. The first-order valence-electron chi connectivity index (χ1n) is 5.19. The van der Waals surface area contributed by atoms with Crippen molar-refractivity contribution in [1.29, 1.82) is 0 Å². The zero-order valence-corrected chi connectivity index (χ0v) is 10.2. The highest BCUT2D eigenvalue weighted by Crippen LogP contribution is 2.11. The summed E-state index contributed by atoms with van der Waals surface area (Å²) in [5, 5.41) is 3.43. The summed E-state index contributed by atoms with van der Waals surface area (Å²) in [5.74, 6) is 0.384. The van der Waals surface area contributed by atoms with Gasteiger partial charge in [0.25, 0.3) is 0 Å². The van der Waals surface area contributed by atoms with E-state index in [0.717, 1.165) is 0 Å². The zero-order chi connectivity index (χ0) is 13.0. The second-order valence-electron chi connectivity index (χ2n) is 3.55. The van der Waals surface area contributed by atoms with E-state index in [4.69, 9.17) is 10.3 Å². The molecule has 0 bridgehead atoms. The molecule has 96 valence electrons. The van der Waals surface area contributed by atoms with Gasteiger partial charge in [0.1, 0.15) is 0 Å². The summed E-state index contributed by atoms with van der Waals surface area (Å²) in [5.41, 5.74) is 6.01. The molecule has 1 heterocycles. The summed E-state index contributed by atoms with van der Waals surface area (Å²) in [6.45, 7) is 0.189. The molecule has 1 aromatic carbocycles. The van der Waals surface area contributed by atoms with Gasteiger partial charge in [0.05, 0.1) is 4.90 Å². The molecule has 2 aromatic rings. The molecule has 0 spiro atoms. The van der Waals surface area contributed by atoms with Gasteiger partial charge in [-0.25, -0.2) is 13.1 Å². The molecule has 1 aromatic heterocycles. The number of rotatable bonds is 5. The first kappa shape index (κ1) is 12.5. The van der Waals surface area contributed by atoms with Crippen LogP contribution in [0, 0.1) is 0 Å². The number of sulfonamides is 1. The minimum atomic E-state index is -3.53. The maximum absolute atomic E-state index is 11.9. The minimum absolute atomic E-state index is 0.169. The van der Waals surface area contributed by atoms with Gasteiger partial charge in [-0.2, -0.15) is 4.98 Å². The topological polar surface area (TPSA) is 111 Å². The molecule has 0 aliphatic carbocycles. The van der Waals surface area contributed by atoms with Crippen molar-refractivity contribution in [3.8, 4) is 0 Å². The smallest absolute Gasteiger partial charge is 0.240 e. The molecule has 0 aliphatic rings. The number of nitrogen functional groups attached to an aromatic ring is 1. The summed E-state index contributed by atoms with van der Waals surface area (Å²) < 4.78 is 30.9. The van der Waals surface area contributed by atoms with E-state index in [1.165, 1.54) is 30.6 Å². The van der Waals surface area contributed by atoms with Crippen LogP contribution in [-0.2, 0) is 16.4 Å². The Hall–Kier alpha value is -1.93. The molecule has 3 N–H and O–H groups in total. The third-order valence-electron chi connectivity index (χ3n) is 2.23. The van der Waals surface area contributed by atoms with Crippen LogP contribution in [0.3, 0.4) is 0 Å². The van der Waals surface area contributed by atoms with Gasteiger partial charge in [0.15, 0.2) is 6.33 Å². The van der Waals surface area contributed by atoms with Gasteiger partial charge >= 0.3 is 0 Å². The van der Waals surface area contributed by atoms with Crippen molar-refractivity contribution >= 4 is 15.7 Å². The second-order valence-corrected chi connectivity index (χ2v) is 5.32. The lowest BCUT2D eigenvalue weighted by atomic mass is 10.3. The first-order chi connectivity index (χ1) is 8.58. The van der Waals surface area contributed by atoms with Gasteiger partial charge < -0.3 is 10.3 Å². The first-order valence-corrected chi connectivity index (χ1v) is 6.67. The van der Waals surface area contributed by atoms with Crippen LogP contribution < -0.4 is 10.5 Å². The lowest BCUT2D eigenvalue weighted by Gasteiger charge is -2.05. The molecule has 18 heavy (non-hydrogen) atoms. The van der Waals surface area contributed by atoms with E-state index >= 15 is 0 Å². The van der Waals surface area contributed by atoms with Crippen LogP contribution >= 0.6 is 0 Å². The number of anilines is 1. The molecule has 0 atom stereocenters. The van der Waals surface area contributed by atoms with Crippen molar-refractivity contribution < 1.29 is 12.9 Å². The fourth-order valence-corrected chi connectivity index (χ4v) is 2.36. The third-order valence-corrected chi connectivity index (χ3v) is 3.71. The van der Waals surface area contributed by atoms with Gasteiger partial charge in [0, 0.05) is 18.7 Å². The number of nitrogens with zero attached hydrogens (tertiary/aromatic N) is 2. The van der Waals surface area contributed by atoms with E-state index in [-0.39, 0.29) is 11.4 Å². The van der Waals surface area contributed by atoms with E-state index in [1.54, 1.807) is 0 Å². The quantitative estimate of drug-likeness (QED) is 0.748. The highest BCUT2D eigenvalue weighted by atomic mass is 32.2. The predicted octanol–water partition coefficient (Wildman–Crippen LogP) is 0.173. The average molecular weight is 268 g/mol. The summed E-state index contributed by atoms with van der Waals surface area (Å²) in [6, 6.07) is 5.97. The Labute approximate surface area is 104 Å². The molecule has 2 rings (SSSR count). The molecule has 0 amide bonds. The summed E-state index contributed by atoms with van der Waals surface area (Å²) in [4.78, 5) is 3.96. The fraction of sp³-hybridized carbons (Fsp3) is 0.200. The molecule has 0 unspecified atom stereocenters. The number of nitrogens with one attached hydrogen (secondary N) is 1. The van der Waals surface area contributed by atoms with Crippen LogP contribution in [0.15, 0.2) is 40.0 Å². The molecular weight excluding hydrogens is 256 g/mol. The molecule has 0 saturated carbocycles. The fourth-order valence-electron chi connectivity index (χ4n) is 1.33. The van der Waals surface area contributed by atoms with Gasteiger partial charge in [-0.3, -0.25) is 0 Å². The minimum Gasteiger partial charge on any atom is -0.399 e. The Morgan fingerprint density at radius 2 is 2.00 bits per heavy atom. The lowest BCUT2D eigenvalue weighted by Crippen LogP contribution is -2.26. The maximum atomic E-state index is 11.9. The largest absolute Gasteiger partial charge is 0.399 e. The van der Waals surface area contributed by atoms with Gasteiger partial charge in [0.2, 0.25) is 15.9 Å². The summed E-state index contributed by atoms with van der Waals surface area (Å²) >= 11 is 0. The van der Waals surface area contributed by atoms with Crippen LogP contribution in [0.4, 0.5) is 5.69 Å². The molecule has 0 radical (unpaired) electrons. The van der Waals surface area contributed by atoms with Crippen molar-refractivity contribution in [2.45, 2.75) is 11.3 Å². The van der Waals surface area contributed by atoms with Crippen molar-refractivity contribution in [1.82, 2.24) is 14.9 Å². The van der Waals surface area contributed by atoms with E-state index in [0.29, 0.717) is 18.0 Å². The zero-order valence-electron chi connectivity index (χ0n) is 9.41. The number of benzene rings is 1. The van der Waals surface area contributed by atoms with Crippen LogP contribution in [0.1, 0.15) is 5.89 Å². The molecule has 7 nitrogen and oxygen atoms in total. The third kappa shape index (κ3) is 3.05. The molecular formula is C10H12N4O3S. The number of hydrogen-bond acceptors (Lipinski definition) is 6. The Kier molecular flexibility index (Phi) is 3.58. The van der Waals surface area contributed by atoms with Crippen LogP contribution in [-0.4, -0.2) is 25.1 Å². The van der Waals surface area contributed by atoms with Crippen molar-refractivity contribution in [3.05, 3.63) is 36.5 Å². The van der Waals surface area contributed by atoms with Gasteiger partial charge in [-0.05, 0) is 24.3 Å². The lowest BCUT2D eigenvalue weighted by molar-refractivity contribution is 0.377. The van der Waals surface area contributed by atoms with Crippen LogP contribution in [0.25, 0.3) is 0 Å². The predicted molar refractivity (Wildman–Crippen MR) is 64.0 cm³/mol. The van der Waals surface area contributed by atoms with Crippen molar-refractivity contribution in [3.63, 3.8) is 0 Å². The molecule has 0 fully saturated rings. The highest BCUT2D eigenvalue weighted by Gasteiger charge is 2.13. The number of nitrogens with two attached hydrogens (primary N) is 1. The molecule has 0 saturated heterocycles. The van der Waals surface area contributed by atoms with E-state index in [1.807, 2.05) is 0 Å². The molecule has 8 heteroatoms. The van der Waals surface area contributed by atoms with Gasteiger partial charge in [-0.15, -0.1) is 0 Å². The van der Waals surface area contributed by atoms with Crippen LogP contribution in [0.5, 0.6) is 0 Å². The Bertz CT molecular complexity index is 593. The number of aromatic nitrogens is 2. The monoisotopic (exact) mass is 268 g/mol. The molecule has 0 aliphatic heterocycles. The van der Waals surface area contributed by atoms with Crippen LogP contribution in [0.2, 0.25) is 0 Å². The maximum Gasteiger partial charge on any atom is 0.240 e. The number of hydrogen-bond donors (Lipinski definition) is 2. The van der Waals surface area contributed by atoms with E-state index in [2.05, 4.69) is 14.9 Å². The SMILES string of the molecule is Nc1ccc(S(=O)(=O)NCCc2ncno2)cc1. The highest BCUT2D eigenvalue weighted by molar-refractivity contribution is 7.89. The normalized spacial score (nSPS) is 11.6. The Balaban J connectivity index is 1.97.